The molecule has 0 aliphatic carbocycles. The highest BCUT2D eigenvalue weighted by molar-refractivity contribution is 5.43. The fourth-order valence-electron chi connectivity index (χ4n) is 1.84. The van der Waals surface area contributed by atoms with Crippen LogP contribution < -0.4 is 14.8 Å². The van der Waals surface area contributed by atoms with E-state index in [1.54, 1.807) is 13.3 Å². The SMILES string of the molecule is CNCc1ccc(OC)c(OCc2cncc(F)c2)c1. The first kappa shape index (κ1) is 14.3. The van der Waals surface area contributed by atoms with E-state index in [2.05, 4.69) is 10.3 Å². The molecule has 0 amide bonds. The van der Waals surface area contributed by atoms with Gasteiger partial charge in [-0.05, 0) is 30.8 Å². The Labute approximate surface area is 117 Å². The van der Waals surface area contributed by atoms with Gasteiger partial charge >= 0.3 is 0 Å². The fourth-order valence-corrected chi connectivity index (χ4v) is 1.84. The number of hydrogen-bond acceptors (Lipinski definition) is 4. The van der Waals surface area contributed by atoms with Crippen molar-refractivity contribution in [3.8, 4) is 11.5 Å². The first-order valence-electron chi connectivity index (χ1n) is 6.26. The van der Waals surface area contributed by atoms with Gasteiger partial charge in [-0.25, -0.2) is 4.39 Å². The molecule has 0 fully saturated rings. The van der Waals surface area contributed by atoms with Gasteiger partial charge in [0.25, 0.3) is 0 Å². The normalized spacial score (nSPS) is 10.3. The third-order valence-electron chi connectivity index (χ3n) is 2.76. The Bertz CT molecular complexity index is 576. The maximum atomic E-state index is 13.1. The molecular formula is C15H17FN2O2. The van der Waals surface area contributed by atoms with E-state index in [0.29, 0.717) is 17.1 Å². The summed E-state index contributed by atoms with van der Waals surface area (Å²) in [5.41, 5.74) is 1.76. The number of pyridine rings is 1. The van der Waals surface area contributed by atoms with Crippen LogP contribution in [0.4, 0.5) is 4.39 Å². The summed E-state index contributed by atoms with van der Waals surface area (Å²) < 4.78 is 24.0. The number of nitrogens with one attached hydrogen (secondary N) is 1. The highest BCUT2D eigenvalue weighted by atomic mass is 19.1. The van der Waals surface area contributed by atoms with Crippen LogP contribution in [0.1, 0.15) is 11.1 Å². The Morgan fingerprint density at radius 3 is 2.70 bits per heavy atom. The first-order chi connectivity index (χ1) is 9.72. The van der Waals surface area contributed by atoms with Crippen LogP contribution in [-0.2, 0) is 13.2 Å². The third-order valence-corrected chi connectivity index (χ3v) is 2.76. The Hall–Kier alpha value is -2.14. The number of hydrogen-bond donors (Lipinski definition) is 1. The summed E-state index contributed by atoms with van der Waals surface area (Å²) >= 11 is 0. The van der Waals surface area contributed by atoms with Gasteiger partial charge < -0.3 is 14.8 Å². The zero-order valence-corrected chi connectivity index (χ0v) is 11.5. The molecule has 0 unspecified atom stereocenters. The molecule has 4 nitrogen and oxygen atoms in total. The molecule has 1 N–H and O–H groups in total. The summed E-state index contributed by atoms with van der Waals surface area (Å²) in [6, 6.07) is 7.12. The summed E-state index contributed by atoms with van der Waals surface area (Å²) in [6.07, 6.45) is 2.74. The zero-order chi connectivity index (χ0) is 14.4. The minimum atomic E-state index is -0.373. The molecule has 1 aromatic carbocycles. The van der Waals surface area contributed by atoms with Crippen molar-refractivity contribution in [2.45, 2.75) is 13.2 Å². The lowest BCUT2D eigenvalue weighted by Crippen LogP contribution is -2.06. The lowest BCUT2D eigenvalue weighted by molar-refractivity contribution is 0.283. The summed E-state index contributed by atoms with van der Waals surface area (Å²) in [4.78, 5) is 3.79. The van der Waals surface area contributed by atoms with E-state index in [1.165, 1.54) is 6.07 Å². The molecule has 0 saturated heterocycles. The smallest absolute Gasteiger partial charge is 0.161 e. The largest absolute Gasteiger partial charge is 0.493 e. The number of aromatic nitrogens is 1. The standard InChI is InChI=1S/C15H17FN2O2/c1-17-7-11-3-4-14(19-2)15(6-11)20-10-12-5-13(16)9-18-8-12/h3-6,8-9,17H,7,10H2,1-2H3. The van der Waals surface area contributed by atoms with Crippen molar-refractivity contribution < 1.29 is 13.9 Å². The Kier molecular flexibility index (Phi) is 4.90. The van der Waals surface area contributed by atoms with Crippen molar-refractivity contribution >= 4 is 0 Å². The first-order valence-corrected chi connectivity index (χ1v) is 6.26. The number of nitrogens with zero attached hydrogens (tertiary/aromatic N) is 1. The van der Waals surface area contributed by atoms with E-state index in [4.69, 9.17) is 9.47 Å². The number of methoxy groups -OCH3 is 1. The van der Waals surface area contributed by atoms with Crippen LogP contribution in [0.5, 0.6) is 11.5 Å². The fraction of sp³-hybridized carbons (Fsp3) is 0.267. The van der Waals surface area contributed by atoms with Gasteiger partial charge in [0.15, 0.2) is 11.5 Å². The molecule has 0 aliphatic heterocycles. The summed E-state index contributed by atoms with van der Waals surface area (Å²) in [5, 5.41) is 3.07. The maximum absolute atomic E-state index is 13.1. The van der Waals surface area contributed by atoms with Crippen LogP contribution in [0.25, 0.3) is 0 Å². The molecule has 0 bridgehead atoms. The van der Waals surface area contributed by atoms with E-state index in [9.17, 15) is 4.39 Å². The van der Waals surface area contributed by atoms with E-state index < -0.39 is 0 Å². The molecule has 0 atom stereocenters. The molecule has 0 radical (unpaired) electrons. The molecule has 0 spiro atoms. The molecule has 1 heterocycles. The number of ether oxygens (including phenoxy) is 2. The van der Waals surface area contributed by atoms with Crippen molar-refractivity contribution in [1.82, 2.24) is 10.3 Å². The third kappa shape index (κ3) is 3.68. The molecule has 5 heteroatoms. The van der Waals surface area contributed by atoms with Crippen molar-refractivity contribution in [1.29, 1.82) is 0 Å². The molecule has 20 heavy (non-hydrogen) atoms. The van der Waals surface area contributed by atoms with E-state index in [1.807, 2.05) is 25.2 Å². The van der Waals surface area contributed by atoms with Gasteiger partial charge in [0, 0.05) is 18.3 Å². The lowest BCUT2D eigenvalue weighted by Gasteiger charge is -2.12. The number of benzene rings is 1. The van der Waals surface area contributed by atoms with Crippen LogP contribution in [0.3, 0.4) is 0 Å². The molecule has 2 rings (SSSR count). The van der Waals surface area contributed by atoms with Crippen molar-refractivity contribution in [3.63, 3.8) is 0 Å². The quantitative estimate of drug-likeness (QED) is 0.880. The monoisotopic (exact) mass is 276 g/mol. The van der Waals surface area contributed by atoms with E-state index in [-0.39, 0.29) is 12.4 Å². The van der Waals surface area contributed by atoms with Gasteiger partial charge in [-0.15, -0.1) is 0 Å². The van der Waals surface area contributed by atoms with Gasteiger partial charge in [0.05, 0.1) is 13.3 Å². The predicted octanol–water partition coefficient (Wildman–Crippen LogP) is 2.53. The van der Waals surface area contributed by atoms with Crippen LogP contribution in [0.2, 0.25) is 0 Å². The number of rotatable bonds is 6. The van der Waals surface area contributed by atoms with Gasteiger partial charge in [-0.2, -0.15) is 0 Å². The summed E-state index contributed by atoms with van der Waals surface area (Å²) in [6.45, 7) is 0.978. The van der Waals surface area contributed by atoms with Crippen molar-refractivity contribution in [3.05, 3.63) is 53.6 Å². The van der Waals surface area contributed by atoms with Crippen LogP contribution >= 0.6 is 0 Å². The Balaban J connectivity index is 2.12. The van der Waals surface area contributed by atoms with Crippen LogP contribution in [0.15, 0.2) is 36.7 Å². The second-order valence-corrected chi connectivity index (χ2v) is 4.32. The zero-order valence-electron chi connectivity index (χ0n) is 11.5. The van der Waals surface area contributed by atoms with Gasteiger partial charge in [-0.1, -0.05) is 6.07 Å². The van der Waals surface area contributed by atoms with E-state index in [0.717, 1.165) is 18.3 Å². The second kappa shape index (κ2) is 6.86. The van der Waals surface area contributed by atoms with E-state index >= 15 is 0 Å². The minimum absolute atomic E-state index is 0.240. The summed E-state index contributed by atoms with van der Waals surface area (Å²) in [5.74, 6) is 0.903. The van der Waals surface area contributed by atoms with Gasteiger partial charge in [0.1, 0.15) is 12.4 Å². The van der Waals surface area contributed by atoms with Gasteiger partial charge in [-0.3, -0.25) is 4.98 Å². The molecule has 0 aliphatic rings. The molecular weight excluding hydrogens is 259 g/mol. The average molecular weight is 276 g/mol. The molecule has 0 saturated carbocycles. The Morgan fingerprint density at radius 1 is 1.15 bits per heavy atom. The molecule has 106 valence electrons. The lowest BCUT2D eigenvalue weighted by atomic mass is 10.2. The highest BCUT2D eigenvalue weighted by Gasteiger charge is 2.06. The number of halogens is 1. The van der Waals surface area contributed by atoms with Crippen molar-refractivity contribution in [2.24, 2.45) is 0 Å². The van der Waals surface area contributed by atoms with Gasteiger partial charge in [0.2, 0.25) is 0 Å². The topological polar surface area (TPSA) is 43.4 Å². The Morgan fingerprint density at radius 2 is 2.00 bits per heavy atom. The predicted molar refractivity (Wildman–Crippen MR) is 74.3 cm³/mol. The highest BCUT2D eigenvalue weighted by Crippen LogP contribution is 2.28. The van der Waals surface area contributed by atoms with Crippen LogP contribution in [0, 0.1) is 5.82 Å². The summed E-state index contributed by atoms with van der Waals surface area (Å²) in [7, 11) is 3.47. The average Bonchev–Trinajstić information content (AvgIpc) is 2.46. The second-order valence-electron chi connectivity index (χ2n) is 4.32. The minimum Gasteiger partial charge on any atom is -0.493 e. The maximum Gasteiger partial charge on any atom is 0.161 e. The van der Waals surface area contributed by atoms with Crippen molar-refractivity contribution in [2.75, 3.05) is 14.2 Å². The molecule has 1 aromatic heterocycles. The molecule has 2 aromatic rings. The van der Waals surface area contributed by atoms with Crippen LogP contribution in [-0.4, -0.2) is 19.1 Å².